The summed E-state index contributed by atoms with van der Waals surface area (Å²) in [6, 6.07) is 13.6. The first kappa shape index (κ1) is 11.1. The van der Waals surface area contributed by atoms with E-state index < -0.39 is 0 Å². The molecule has 1 N–H and O–H groups in total. The number of hydrogen-bond donors (Lipinski definition) is 1. The Morgan fingerprint density at radius 3 is 2.76 bits per heavy atom. The van der Waals surface area contributed by atoms with Crippen LogP contribution in [0.1, 0.15) is 11.3 Å². The van der Waals surface area contributed by atoms with E-state index in [-0.39, 0.29) is 5.82 Å². The van der Waals surface area contributed by atoms with E-state index in [9.17, 15) is 4.39 Å². The maximum atomic E-state index is 13.3. The molecule has 0 aliphatic rings. The van der Waals surface area contributed by atoms with Gasteiger partial charge in [0.25, 0.3) is 0 Å². The molecule has 0 amide bonds. The van der Waals surface area contributed by atoms with Crippen LogP contribution in [0.3, 0.4) is 0 Å². The molecule has 2 rings (SSSR count). The van der Waals surface area contributed by atoms with Gasteiger partial charge in [0.2, 0.25) is 0 Å². The summed E-state index contributed by atoms with van der Waals surface area (Å²) in [6.45, 7) is 0.342. The minimum atomic E-state index is -0.253. The summed E-state index contributed by atoms with van der Waals surface area (Å²) >= 11 is 0. The predicted octanol–water partition coefficient (Wildman–Crippen LogP) is 2.70. The first-order valence-electron chi connectivity index (χ1n) is 5.14. The number of pyridine rings is 1. The number of rotatable bonds is 3. The van der Waals surface area contributed by atoms with E-state index >= 15 is 0 Å². The van der Waals surface area contributed by atoms with Crippen LogP contribution in [0, 0.1) is 17.1 Å². The smallest absolute Gasteiger partial charge is 0.142 e. The second-order valence-corrected chi connectivity index (χ2v) is 3.46. The van der Waals surface area contributed by atoms with Crippen LogP contribution in [0.4, 0.5) is 10.2 Å². The highest BCUT2D eigenvalue weighted by Gasteiger charge is 2.01. The highest BCUT2D eigenvalue weighted by molar-refractivity contribution is 5.39. The van der Waals surface area contributed by atoms with Gasteiger partial charge in [0.15, 0.2) is 0 Å². The van der Waals surface area contributed by atoms with Crippen LogP contribution in [-0.2, 0) is 6.54 Å². The Labute approximate surface area is 98.5 Å². The van der Waals surface area contributed by atoms with Gasteiger partial charge in [0, 0.05) is 12.1 Å². The lowest BCUT2D eigenvalue weighted by molar-refractivity contribution is 0.613. The molecule has 0 fully saturated rings. The molecule has 1 aromatic heterocycles. The standard InChI is InChI=1S/C13H10FN3/c14-12-6-2-1-4-10(12)9-16-13-7-3-5-11(8-15)17-13/h1-7H,9H2,(H,16,17). The zero-order valence-corrected chi connectivity index (χ0v) is 9.02. The number of nitriles is 1. The van der Waals surface area contributed by atoms with Gasteiger partial charge in [0.1, 0.15) is 23.4 Å². The molecule has 0 atom stereocenters. The molecule has 4 heteroatoms. The van der Waals surface area contributed by atoms with Crippen molar-refractivity contribution in [3.63, 3.8) is 0 Å². The Morgan fingerprint density at radius 2 is 2.00 bits per heavy atom. The minimum Gasteiger partial charge on any atom is -0.366 e. The number of nitrogens with one attached hydrogen (secondary N) is 1. The Morgan fingerprint density at radius 1 is 1.18 bits per heavy atom. The molecule has 0 radical (unpaired) electrons. The number of hydrogen-bond acceptors (Lipinski definition) is 3. The quantitative estimate of drug-likeness (QED) is 0.877. The zero-order valence-electron chi connectivity index (χ0n) is 9.02. The van der Waals surface area contributed by atoms with Crippen molar-refractivity contribution >= 4 is 5.82 Å². The Balaban J connectivity index is 2.08. The van der Waals surface area contributed by atoms with E-state index in [1.165, 1.54) is 6.07 Å². The molecule has 0 bridgehead atoms. The molecule has 2 aromatic rings. The van der Waals surface area contributed by atoms with E-state index in [2.05, 4.69) is 10.3 Å². The normalized spacial score (nSPS) is 9.65. The third kappa shape index (κ3) is 2.79. The summed E-state index contributed by atoms with van der Waals surface area (Å²) in [6.07, 6.45) is 0. The highest BCUT2D eigenvalue weighted by Crippen LogP contribution is 2.10. The predicted molar refractivity (Wildman–Crippen MR) is 62.7 cm³/mol. The molecule has 0 aliphatic heterocycles. The van der Waals surface area contributed by atoms with Gasteiger partial charge in [-0.2, -0.15) is 5.26 Å². The average molecular weight is 227 g/mol. The maximum Gasteiger partial charge on any atom is 0.142 e. The van der Waals surface area contributed by atoms with Gasteiger partial charge in [0.05, 0.1) is 0 Å². The van der Waals surface area contributed by atoms with Crippen molar-refractivity contribution in [1.29, 1.82) is 5.26 Å². The van der Waals surface area contributed by atoms with Crippen molar-refractivity contribution < 1.29 is 4.39 Å². The van der Waals surface area contributed by atoms with E-state index in [0.29, 0.717) is 23.6 Å². The average Bonchev–Trinajstić information content (AvgIpc) is 2.38. The second-order valence-electron chi connectivity index (χ2n) is 3.46. The monoisotopic (exact) mass is 227 g/mol. The highest BCUT2D eigenvalue weighted by atomic mass is 19.1. The topological polar surface area (TPSA) is 48.7 Å². The Hall–Kier alpha value is -2.41. The van der Waals surface area contributed by atoms with Crippen molar-refractivity contribution in [2.24, 2.45) is 0 Å². The molecule has 0 spiro atoms. The van der Waals surface area contributed by atoms with Crippen molar-refractivity contribution in [3.8, 4) is 6.07 Å². The zero-order chi connectivity index (χ0) is 12.1. The van der Waals surface area contributed by atoms with Crippen LogP contribution in [0.25, 0.3) is 0 Å². The Bertz CT molecular complexity index is 561. The molecule has 0 saturated heterocycles. The largest absolute Gasteiger partial charge is 0.366 e. The van der Waals surface area contributed by atoms with Crippen LogP contribution in [0.5, 0.6) is 0 Å². The summed E-state index contributed by atoms with van der Waals surface area (Å²) in [7, 11) is 0. The van der Waals surface area contributed by atoms with Crippen LogP contribution in [0.2, 0.25) is 0 Å². The minimum absolute atomic E-state index is 0.253. The molecule has 17 heavy (non-hydrogen) atoms. The van der Waals surface area contributed by atoms with Gasteiger partial charge < -0.3 is 5.32 Å². The van der Waals surface area contributed by atoms with Crippen LogP contribution >= 0.6 is 0 Å². The van der Waals surface area contributed by atoms with Crippen molar-refractivity contribution in [2.75, 3.05) is 5.32 Å². The lowest BCUT2D eigenvalue weighted by atomic mass is 10.2. The summed E-state index contributed by atoms with van der Waals surface area (Å²) in [4.78, 5) is 4.04. The van der Waals surface area contributed by atoms with Gasteiger partial charge in [-0.05, 0) is 18.2 Å². The van der Waals surface area contributed by atoms with Crippen molar-refractivity contribution in [3.05, 3.63) is 59.5 Å². The van der Waals surface area contributed by atoms with Gasteiger partial charge in [-0.1, -0.05) is 24.3 Å². The molecule has 0 aliphatic carbocycles. The van der Waals surface area contributed by atoms with Gasteiger partial charge in [-0.3, -0.25) is 0 Å². The van der Waals surface area contributed by atoms with E-state index in [0.717, 1.165) is 0 Å². The van der Waals surface area contributed by atoms with Gasteiger partial charge in [-0.15, -0.1) is 0 Å². The van der Waals surface area contributed by atoms with Crippen LogP contribution in [0.15, 0.2) is 42.5 Å². The molecular weight excluding hydrogens is 217 g/mol. The molecule has 84 valence electrons. The third-order valence-corrected chi connectivity index (χ3v) is 2.28. The number of benzene rings is 1. The molecule has 1 heterocycles. The summed E-state index contributed by atoms with van der Waals surface area (Å²) in [5, 5.41) is 11.7. The Kier molecular flexibility index (Phi) is 3.31. The fourth-order valence-corrected chi connectivity index (χ4v) is 1.42. The maximum absolute atomic E-state index is 13.3. The van der Waals surface area contributed by atoms with Gasteiger partial charge >= 0.3 is 0 Å². The van der Waals surface area contributed by atoms with E-state index in [1.807, 2.05) is 6.07 Å². The second kappa shape index (κ2) is 5.08. The van der Waals surface area contributed by atoms with Crippen LogP contribution < -0.4 is 5.32 Å². The lowest BCUT2D eigenvalue weighted by Gasteiger charge is -2.06. The summed E-state index contributed by atoms with van der Waals surface area (Å²) in [5.41, 5.74) is 0.903. The molecular formula is C13H10FN3. The number of anilines is 1. The van der Waals surface area contributed by atoms with Crippen LogP contribution in [-0.4, -0.2) is 4.98 Å². The van der Waals surface area contributed by atoms with Gasteiger partial charge in [-0.25, -0.2) is 9.37 Å². The lowest BCUT2D eigenvalue weighted by Crippen LogP contribution is -2.03. The molecule has 0 saturated carbocycles. The third-order valence-electron chi connectivity index (χ3n) is 2.28. The SMILES string of the molecule is N#Cc1cccc(NCc2ccccc2F)n1. The fourth-order valence-electron chi connectivity index (χ4n) is 1.42. The number of halogens is 1. The molecule has 3 nitrogen and oxygen atoms in total. The molecule has 0 unspecified atom stereocenters. The number of aromatic nitrogens is 1. The van der Waals surface area contributed by atoms with E-state index in [1.54, 1.807) is 36.4 Å². The summed E-state index contributed by atoms with van der Waals surface area (Å²) in [5.74, 6) is 0.309. The van der Waals surface area contributed by atoms with E-state index in [4.69, 9.17) is 5.26 Å². The molecule has 1 aromatic carbocycles. The van der Waals surface area contributed by atoms with Crippen molar-refractivity contribution in [2.45, 2.75) is 6.54 Å². The van der Waals surface area contributed by atoms with Crippen molar-refractivity contribution in [1.82, 2.24) is 4.98 Å². The number of nitrogens with zero attached hydrogens (tertiary/aromatic N) is 2. The first-order valence-corrected chi connectivity index (χ1v) is 5.14. The fraction of sp³-hybridized carbons (Fsp3) is 0.0769. The first-order chi connectivity index (χ1) is 8.29. The summed E-state index contributed by atoms with van der Waals surface area (Å²) < 4.78 is 13.3.